The molecule has 0 bridgehead atoms. The van der Waals surface area contributed by atoms with Crippen molar-refractivity contribution in [3.8, 4) is 5.75 Å². The molecule has 6 nitrogen and oxygen atoms in total. The second-order valence-electron chi connectivity index (χ2n) is 7.22. The van der Waals surface area contributed by atoms with Gasteiger partial charge in [0.15, 0.2) is 0 Å². The molecule has 0 heterocycles. The van der Waals surface area contributed by atoms with Gasteiger partial charge < -0.3 is 24.8 Å². The van der Waals surface area contributed by atoms with Crippen LogP contribution in [0.2, 0.25) is 0 Å². The molecule has 1 atom stereocenters. The molecule has 0 radical (unpaired) electrons. The van der Waals surface area contributed by atoms with Crippen LogP contribution in [-0.2, 0) is 4.74 Å². The molecule has 0 saturated carbocycles. The Balaban J connectivity index is 2.63. The molecular weight excluding hydrogens is 468 g/mol. The van der Waals surface area contributed by atoms with Crippen molar-refractivity contribution in [2.75, 3.05) is 33.8 Å². The molecule has 148 valence electrons. The Kier molecular flexibility index (Phi) is 9.36. The minimum absolute atomic E-state index is 0.0524. The van der Waals surface area contributed by atoms with E-state index < -0.39 is 17.8 Å². The lowest BCUT2D eigenvalue weighted by Crippen LogP contribution is -2.34. The zero-order valence-electron chi connectivity index (χ0n) is 15.9. The highest BCUT2D eigenvalue weighted by Gasteiger charge is 2.18. The molecule has 26 heavy (non-hydrogen) atoms. The maximum atomic E-state index is 11.7. The number of ether oxygens (including phenoxy) is 2. The van der Waals surface area contributed by atoms with Crippen LogP contribution in [0.4, 0.5) is 4.79 Å². The van der Waals surface area contributed by atoms with Gasteiger partial charge >= 0.3 is 6.09 Å². The van der Waals surface area contributed by atoms with E-state index in [4.69, 9.17) is 9.47 Å². The van der Waals surface area contributed by atoms with Gasteiger partial charge in [-0.15, -0.1) is 0 Å². The average molecular weight is 496 g/mol. The predicted octanol–water partition coefficient (Wildman–Crippen LogP) is 4.10. The summed E-state index contributed by atoms with van der Waals surface area (Å²) in [6.45, 7) is 6.95. The van der Waals surface area contributed by atoms with Gasteiger partial charge in [-0.2, -0.15) is 0 Å². The monoisotopic (exact) mass is 494 g/mol. The van der Waals surface area contributed by atoms with Gasteiger partial charge in [-0.05, 0) is 90.8 Å². The standard InChI is InChI=1S/C18H28Br2N2O4/c1-18(2,3)26-17(24)21-11-15(23)12-9-13(19)16(14(20)10-12)25-8-6-7-22(4)5/h9-10,15,23H,6-8,11H2,1-5H3,(H,21,24). The normalized spacial score (nSPS) is 12.8. The van der Waals surface area contributed by atoms with E-state index in [0.717, 1.165) is 21.9 Å². The van der Waals surface area contributed by atoms with Gasteiger partial charge in [0, 0.05) is 6.54 Å². The molecular formula is C18H28Br2N2O4. The van der Waals surface area contributed by atoms with E-state index >= 15 is 0 Å². The van der Waals surface area contributed by atoms with E-state index in [9.17, 15) is 9.90 Å². The van der Waals surface area contributed by atoms with Crippen molar-refractivity contribution in [3.05, 3.63) is 26.6 Å². The van der Waals surface area contributed by atoms with Crippen molar-refractivity contribution in [3.63, 3.8) is 0 Å². The number of carbonyl (C=O) groups excluding carboxylic acids is 1. The number of halogens is 2. The van der Waals surface area contributed by atoms with E-state index in [1.165, 1.54) is 0 Å². The minimum Gasteiger partial charge on any atom is -0.491 e. The Bertz CT molecular complexity index is 580. The fraction of sp³-hybridized carbons (Fsp3) is 0.611. The summed E-state index contributed by atoms with van der Waals surface area (Å²) >= 11 is 6.96. The van der Waals surface area contributed by atoms with Crippen molar-refractivity contribution in [1.29, 1.82) is 0 Å². The van der Waals surface area contributed by atoms with Crippen LogP contribution in [0.25, 0.3) is 0 Å². The van der Waals surface area contributed by atoms with Gasteiger partial charge in [0.2, 0.25) is 0 Å². The number of carbonyl (C=O) groups is 1. The second kappa shape index (κ2) is 10.5. The molecule has 1 rings (SSSR count). The summed E-state index contributed by atoms with van der Waals surface area (Å²) in [4.78, 5) is 13.8. The number of nitrogens with one attached hydrogen (secondary N) is 1. The Morgan fingerprint density at radius 2 is 1.85 bits per heavy atom. The molecule has 0 spiro atoms. The van der Waals surface area contributed by atoms with Crippen LogP contribution in [-0.4, -0.2) is 55.5 Å². The number of benzene rings is 1. The van der Waals surface area contributed by atoms with Gasteiger partial charge in [0.1, 0.15) is 11.4 Å². The summed E-state index contributed by atoms with van der Waals surface area (Å²) in [5, 5.41) is 12.9. The summed E-state index contributed by atoms with van der Waals surface area (Å²) in [6, 6.07) is 3.57. The topological polar surface area (TPSA) is 71.0 Å². The Hall–Kier alpha value is -0.830. The van der Waals surface area contributed by atoms with Gasteiger partial charge in [-0.25, -0.2) is 4.79 Å². The van der Waals surface area contributed by atoms with E-state index in [2.05, 4.69) is 42.1 Å². The molecule has 0 aliphatic heterocycles. The van der Waals surface area contributed by atoms with Crippen LogP contribution in [0.15, 0.2) is 21.1 Å². The van der Waals surface area contributed by atoms with Crippen molar-refractivity contribution in [2.45, 2.75) is 38.9 Å². The first-order chi connectivity index (χ1) is 12.0. The van der Waals surface area contributed by atoms with E-state index in [-0.39, 0.29) is 6.54 Å². The SMILES string of the molecule is CN(C)CCCOc1c(Br)cc(C(O)CNC(=O)OC(C)(C)C)cc1Br. The van der Waals surface area contributed by atoms with Gasteiger partial charge in [0.05, 0.1) is 28.2 Å². The molecule has 0 aliphatic rings. The molecule has 1 unspecified atom stereocenters. The summed E-state index contributed by atoms with van der Waals surface area (Å²) in [6.07, 6.45) is -0.510. The third-order valence-corrected chi connectivity index (χ3v) is 4.42. The largest absolute Gasteiger partial charge is 0.491 e. The maximum absolute atomic E-state index is 11.7. The van der Waals surface area contributed by atoms with Crippen molar-refractivity contribution in [1.82, 2.24) is 10.2 Å². The molecule has 1 aromatic rings. The lowest BCUT2D eigenvalue weighted by molar-refractivity contribution is 0.0491. The van der Waals surface area contributed by atoms with E-state index in [1.54, 1.807) is 32.9 Å². The molecule has 1 amide bonds. The second-order valence-corrected chi connectivity index (χ2v) is 8.93. The molecule has 0 fully saturated rings. The molecule has 8 heteroatoms. The van der Waals surface area contributed by atoms with Crippen LogP contribution >= 0.6 is 31.9 Å². The smallest absolute Gasteiger partial charge is 0.407 e. The van der Waals surface area contributed by atoms with Gasteiger partial charge in [-0.3, -0.25) is 0 Å². The lowest BCUT2D eigenvalue weighted by atomic mass is 10.1. The molecule has 0 aliphatic carbocycles. The zero-order chi connectivity index (χ0) is 19.9. The van der Waals surface area contributed by atoms with Crippen LogP contribution in [0, 0.1) is 0 Å². The molecule has 0 saturated heterocycles. The van der Waals surface area contributed by atoms with E-state index in [0.29, 0.717) is 17.9 Å². The van der Waals surface area contributed by atoms with Crippen LogP contribution in [0.1, 0.15) is 38.9 Å². The zero-order valence-corrected chi connectivity index (χ0v) is 19.1. The number of hydrogen-bond donors (Lipinski definition) is 2. The number of rotatable bonds is 8. The molecule has 1 aromatic carbocycles. The Labute approximate surface area is 172 Å². The first kappa shape index (κ1) is 23.2. The molecule has 0 aromatic heterocycles. The Morgan fingerprint density at radius 3 is 2.35 bits per heavy atom. The molecule has 2 N–H and O–H groups in total. The summed E-state index contributed by atoms with van der Waals surface area (Å²) in [7, 11) is 4.04. The van der Waals surface area contributed by atoms with Crippen molar-refractivity contribution < 1.29 is 19.4 Å². The van der Waals surface area contributed by atoms with Crippen molar-refractivity contribution in [2.24, 2.45) is 0 Å². The number of amides is 1. The van der Waals surface area contributed by atoms with Crippen LogP contribution in [0.3, 0.4) is 0 Å². The summed E-state index contributed by atoms with van der Waals surface area (Å²) in [5.74, 6) is 0.694. The first-order valence-corrected chi connectivity index (χ1v) is 9.99. The van der Waals surface area contributed by atoms with Crippen LogP contribution in [0.5, 0.6) is 5.75 Å². The lowest BCUT2D eigenvalue weighted by Gasteiger charge is -2.21. The fourth-order valence-corrected chi connectivity index (χ4v) is 3.53. The summed E-state index contributed by atoms with van der Waals surface area (Å²) in [5.41, 5.74) is 0.0765. The average Bonchev–Trinajstić information content (AvgIpc) is 2.49. The quantitative estimate of drug-likeness (QED) is 0.531. The van der Waals surface area contributed by atoms with Gasteiger partial charge in [-0.1, -0.05) is 0 Å². The highest BCUT2D eigenvalue weighted by atomic mass is 79.9. The fourth-order valence-electron chi connectivity index (χ4n) is 2.08. The predicted molar refractivity (Wildman–Crippen MR) is 110 cm³/mol. The third kappa shape index (κ3) is 8.70. The third-order valence-electron chi connectivity index (χ3n) is 3.24. The first-order valence-electron chi connectivity index (χ1n) is 8.41. The number of aliphatic hydroxyl groups excluding tert-OH is 1. The number of hydrogen-bond acceptors (Lipinski definition) is 5. The van der Waals surface area contributed by atoms with Crippen LogP contribution < -0.4 is 10.1 Å². The minimum atomic E-state index is -0.863. The maximum Gasteiger partial charge on any atom is 0.407 e. The van der Waals surface area contributed by atoms with Crippen molar-refractivity contribution >= 4 is 38.0 Å². The van der Waals surface area contributed by atoms with E-state index in [1.807, 2.05) is 14.1 Å². The number of aliphatic hydroxyl groups is 1. The highest BCUT2D eigenvalue weighted by Crippen LogP contribution is 2.36. The number of nitrogens with zero attached hydrogens (tertiary/aromatic N) is 1. The summed E-state index contributed by atoms with van der Waals surface area (Å²) < 4.78 is 12.5. The van der Waals surface area contributed by atoms with Gasteiger partial charge in [0.25, 0.3) is 0 Å². The highest BCUT2D eigenvalue weighted by molar-refractivity contribution is 9.11. The number of alkyl carbamates (subject to hydrolysis) is 1. The Morgan fingerprint density at radius 1 is 1.27 bits per heavy atom.